The molecule has 0 bridgehead atoms. The molecule has 1 N–H and O–H groups in total. The van der Waals surface area contributed by atoms with E-state index in [1.807, 2.05) is 59.2 Å². The summed E-state index contributed by atoms with van der Waals surface area (Å²) < 4.78 is 1.89. The van der Waals surface area contributed by atoms with Crippen LogP contribution in [0.4, 0.5) is 5.69 Å². The van der Waals surface area contributed by atoms with Gasteiger partial charge in [-0.3, -0.25) is 9.20 Å². The summed E-state index contributed by atoms with van der Waals surface area (Å²) in [5.41, 5.74) is 3.23. The van der Waals surface area contributed by atoms with E-state index >= 15 is 0 Å². The lowest BCUT2D eigenvalue weighted by Gasteiger charge is -2.08. The minimum Gasteiger partial charge on any atom is -0.325 e. The fourth-order valence-corrected chi connectivity index (χ4v) is 3.84. The molecule has 0 aliphatic carbocycles. The maximum atomic E-state index is 12.3. The Balaban J connectivity index is 1.53. The monoisotopic (exact) mass is 381 g/mol. The molecule has 0 saturated carbocycles. The average Bonchev–Trinajstić information content (AvgIpc) is 3.16. The van der Waals surface area contributed by atoms with Gasteiger partial charge in [0, 0.05) is 10.6 Å². The second kappa shape index (κ2) is 7.35. The van der Waals surface area contributed by atoms with Crippen molar-refractivity contribution in [3.05, 3.63) is 54.9 Å². The van der Waals surface area contributed by atoms with Crippen molar-refractivity contribution in [3.8, 4) is 0 Å². The molecule has 2 aromatic carbocycles. The molecule has 2 heterocycles. The number of hydrogen-bond donors (Lipinski definition) is 1. The number of benzene rings is 2. The van der Waals surface area contributed by atoms with Crippen LogP contribution in [0.3, 0.4) is 0 Å². The largest absolute Gasteiger partial charge is 0.325 e. The van der Waals surface area contributed by atoms with Crippen molar-refractivity contribution < 1.29 is 4.79 Å². The first kappa shape index (κ1) is 16.9. The van der Waals surface area contributed by atoms with Gasteiger partial charge in [0.15, 0.2) is 5.65 Å². The molecule has 0 aliphatic rings. The molecule has 6 nitrogen and oxygen atoms in total. The lowest BCUT2D eigenvalue weighted by Crippen LogP contribution is -2.14. The van der Waals surface area contributed by atoms with Gasteiger partial charge in [-0.25, -0.2) is 4.98 Å². The van der Waals surface area contributed by atoms with Crippen molar-refractivity contribution in [3.63, 3.8) is 0 Å². The molecule has 0 fully saturated rings. The summed E-state index contributed by atoms with van der Waals surface area (Å²) in [7, 11) is 0. The summed E-state index contributed by atoms with van der Waals surface area (Å²) in [6, 6.07) is 15.6. The number of para-hydroxylation sites is 2. The standard InChI is InChI=1S/C18H15N5OS2/c1-25-13-6-4-5-12(9-13)20-16(24)10-26-18-17-22-19-11-23(17)15-8-3-2-7-14(15)21-18/h2-9,11H,10H2,1H3,(H,20,24). The molecule has 1 amide bonds. The molecule has 0 radical (unpaired) electrons. The maximum Gasteiger partial charge on any atom is 0.234 e. The minimum atomic E-state index is -0.0825. The first-order valence-corrected chi connectivity index (χ1v) is 10.1. The van der Waals surface area contributed by atoms with Crippen molar-refractivity contribution >= 4 is 51.8 Å². The zero-order valence-corrected chi connectivity index (χ0v) is 15.5. The van der Waals surface area contributed by atoms with Crippen LogP contribution < -0.4 is 5.32 Å². The summed E-state index contributed by atoms with van der Waals surface area (Å²) in [6.07, 6.45) is 3.67. The predicted molar refractivity (Wildman–Crippen MR) is 106 cm³/mol. The normalized spacial score (nSPS) is 11.1. The van der Waals surface area contributed by atoms with Gasteiger partial charge in [-0.05, 0) is 36.6 Å². The van der Waals surface area contributed by atoms with E-state index in [2.05, 4.69) is 20.5 Å². The summed E-state index contributed by atoms with van der Waals surface area (Å²) in [5.74, 6) is 0.165. The van der Waals surface area contributed by atoms with Gasteiger partial charge in [0.1, 0.15) is 11.4 Å². The highest BCUT2D eigenvalue weighted by Gasteiger charge is 2.12. The number of carbonyl (C=O) groups is 1. The van der Waals surface area contributed by atoms with Crippen molar-refractivity contribution in [1.82, 2.24) is 19.6 Å². The number of carbonyl (C=O) groups excluding carboxylic acids is 1. The van der Waals surface area contributed by atoms with Crippen LogP contribution in [0.5, 0.6) is 0 Å². The summed E-state index contributed by atoms with van der Waals surface area (Å²) in [4.78, 5) is 18.1. The Morgan fingerprint density at radius 1 is 1.19 bits per heavy atom. The lowest BCUT2D eigenvalue weighted by molar-refractivity contribution is -0.113. The molecule has 4 rings (SSSR count). The molecular weight excluding hydrogens is 366 g/mol. The maximum absolute atomic E-state index is 12.3. The molecule has 0 aliphatic heterocycles. The van der Waals surface area contributed by atoms with E-state index in [1.165, 1.54) is 11.8 Å². The van der Waals surface area contributed by atoms with E-state index in [-0.39, 0.29) is 11.7 Å². The highest BCUT2D eigenvalue weighted by Crippen LogP contribution is 2.25. The smallest absolute Gasteiger partial charge is 0.234 e. The fraction of sp³-hybridized carbons (Fsp3) is 0.111. The molecule has 130 valence electrons. The van der Waals surface area contributed by atoms with Gasteiger partial charge in [-0.2, -0.15) is 0 Å². The van der Waals surface area contributed by atoms with E-state index in [0.29, 0.717) is 10.7 Å². The van der Waals surface area contributed by atoms with Gasteiger partial charge in [0.05, 0.1) is 16.8 Å². The van der Waals surface area contributed by atoms with Crippen LogP contribution >= 0.6 is 23.5 Å². The van der Waals surface area contributed by atoms with E-state index in [9.17, 15) is 4.79 Å². The highest BCUT2D eigenvalue weighted by atomic mass is 32.2. The van der Waals surface area contributed by atoms with Crippen LogP contribution in [0.1, 0.15) is 0 Å². The topological polar surface area (TPSA) is 72.2 Å². The van der Waals surface area contributed by atoms with Crippen molar-refractivity contribution in [1.29, 1.82) is 0 Å². The van der Waals surface area contributed by atoms with Gasteiger partial charge < -0.3 is 5.32 Å². The van der Waals surface area contributed by atoms with Crippen LogP contribution in [0.15, 0.2) is 64.8 Å². The fourth-order valence-electron chi connectivity index (χ4n) is 2.61. The Hall–Kier alpha value is -2.58. The van der Waals surface area contributed by atoms with Gasteiger partial charge in [-0.15, -0.1) is 22.0 Å². The quantitative estimate of drug-likeness (QED) is 0.531. The predicted octanol–water partition coefficient (Wildman–Crippen LogP) is 3.73. The zero-order chi connectivity index (χ0) is 17.9. The zero-order valence-electron chi connectivity index (χ0n) is 13.9. The lowest BCUT2D eigenvalue weighted by atomic mass is 10.3. The van der Waals surface area contributed by atoms with E-state index in [0.717, 1.165) is 21.6 Å². The summed E-state index contributed by atoms with van der Waals surface area (Å²) in [6.45, 7) is 0. The van der Waals surface area contributed by atoms with Crippen molar-refractivity contribution in [2.45, 2.75) is 9.92 Å². The Bertz CT molecular complexity index is 1100. The van der Waals surface area contributed by atoms with Crippen LogP contribution in [0.25, 0.3) is 16.7 Å². The average molecular weight is 381 g/mol. The molecule has 2 aromatic heterocycles. The Morgan fingerprint density at radius 3 is 2.96 bits per heavy atom. The number of nitrogens with zero attached hydrogens (tertiary/aromatic N) is 4. The summed E-state index contributed by atoms with van der Waals surface area (Å²) in [5, 5.41) is 11.7. The van der Waals surface area contributed by atoms with Crippen LogP contribution in [0, 0.1) is 0 Å². The molecule has 0 spiro atoms. The first-order valence-electron chi connectivity index (χ1n) is 7.90. The Labute approximate surface area is 158 Å². The number of nitrogens with one attached hydrogen (secondary N) is 1. The molecule has 26 heavy (non-hydrogen) atoms. The van der Waals surface area contributed by atoms with Crippen molar-refractivity contribution in [2.24, 2.45) is 0 Å². The van der Waals surface area contributed by atoms with E-state index in [1.54, 1.807) is 18.1 Å². The van der Waals surface area contributed by atoms with Crippen LogP contribution in [0.2, 0.25) is 0 Å². The number of hydrogen-bond acceptors (Lipinski definition) is 6. The number of thioether (sulfide) groups is 2. The third-order valence-electron chi connectivity index (χ3n) is 3.80. The van der Waals surface area contributed by atoms with Gasteiger partial charge in [0.2, 0.25) is 5.91 Å². The molecule has 8 heteroatoms. The molecular formula is C18H15N5OS2. The van der Waals surface area contributed by atoms with Gasteiger partial charge in [-0.1, -0.05) is 30.0 Å². The first-order chi connectivity index (χ1) is 12.7. The highest BCUT2D eigenvalue weighted by molar-refractivity contribution is 8.00. The Kier molecular flexibility index (Phi) is 4.77. The molecule has 0 atom stereocenters. The number of aromatic nitrogens is 4. The third kappa shape index (κ3) is 3.38. The number of amides is 1. The number of anilines is 1. The van der Waals surface area contributed by atoms with Gasteiger partial charge >= 0.3 is 0 Å². The van der Waals surface area contributed by atoms with Crippen LogP contribution in [-0.4, -0.2) is 37.5 Å². The van der Waals surface area contributed by atoms with Crippen molar-refractivity contribution in [2.75, 3.05) is 17.3 Å². The SMILES string of the molecule is CSc1cccc(NC(=O)CSc2nc3ccccc3n3cnnc23)c1. The minimum absolute atomic E-state index is 0.0825. The second-order valence-electron chi connectivity index (χ2n) is 5.50. The Morgan fingerprint density at radius 2 is 2.08 bits per heavy atom. The molecule has 0 unspecified atom stereocenters. The van der Waals surface area contributed by atoms with E-state index in [4.69, 9.17) is 0 Å². The number of rotatable bonds is 5. The van der Waals surface area contributed by atoms with Gasteiger partial charge in [0.25, 0.3) is 0 Å². The molecule has 4 aromatic rings. The van der Waals surface area contributed by atoms with Crippen LogP contribution in [-0.2, 0) is 4.79 Å². The molecule has 0 saturated heterocycles. The third-order valence-corrected chi connectivity index (χ3v) is 5.47. The second-order valence-corrected chi connectivity index (χ2v) is 7.34. The van der Waals surface area contributed by atoms with E-state index < -0.39 is 0 Å². The number of fused-ring (bicyclic) bond motifs is 3. The summed E-state index contributed by atoms with van der Waals surface area (Å²) >= 11 is 2.99.